The molecule has 0 aromatic heterocycles. The van der Waals surface area contributed by atoms with E-state index in [1.54, 1.807) is 18.2 Å². The van der Waals surface area contributed by atoms with Crippen molar-refractivity contribution in [3.63, 3.8) is 0 Å². The number of hydrogen-bond acceptors (Lipinski definition) is 7. The molecule has 0 heterocycles. The number of carboxylic acid groups (broad SMARTS) is 1. The van der Waals surface area contributed by atoms with E-state index in [2.05, 4.69) is 5.32 Å². The third-order valence-electron chi connectivity index (χ3n) is 4.06. The second-order valence-corrected chi connectivity index (χ2v) is 6.13. The first kappa shape index (κ1) is 22.7. The molecule has 30 heavy (non-hydrogen) atoms. The number of nitrogens with zero attached hydrogens (tertiary/aromatic N) is 1. The molecule has 160 valence electrons. The van der Waals surface area contributed by atoms with E-state index in [0.717, 1.165) is 17.0 Å². The van der Waals surface area contributed by atoms with E-state index >= 15 is 0 Å². The monoisotopic (exact) mass is 418 g/mol. The summed E-state index contributed by atoms with van der Waals surface area (Å²) in [7, 11) is 0. The quantitative estimate of drug-likeness (QED) is 0.299. The second-order valence-electron chi connectivity index (χ2n) is 6.13. The van der Waals surface area contributed by atoms with Crippen molar-refractivity contribution >= 4 is 17.9 Å². The summed E-state index contributed by atoms with van der Waals surface area (Å²) in [5, 5.41) is 39.6. The van der Waals surface area contributed by atoms with Crippen LogP contribution in [0, 0.1) is 0 Å². The summed E-state index contributed by atoms with van der Waals surface area (Å²) in [6.45, 7) is -0.604. The van der Waals surface area contributed by atoms with E-state index in [0.29, 0.717) is 5.56 Å². The lowest BCUT2D eigenvalue weighted by Crippen LogP contribution is -2.48. The lowest BCUT2D eigenvalue weighted by molar-refractivity contribution is -0.139. The number of phenolic OH excluding ortho intramolecular Hbond substituents is 2. The number of phenols is 2. The van der Waals surface area contributed by atoms with Crippen LogP contribution in [0.3, 0.4) is 0 Å². The summed E-state index contributed by atoms with van der Waals surface area (Å²) < 4.78 is 5.10. The Kier molecular flexibility index (Phi) is 8.15. The summed E-state index contributed by atoms with van der Waals surface area (Å²) in [6.07, 6.45) is 0. The molecule has 0 saturated heterocycles. The van der Waals surface area contributed by atoms with Gasteiger partial charge >= 0.3 is 12.0 Å². The number of nitrogens with one attached hydrogen (secondary N) is 1. The van der Waals surface area contributed by atoms with E-state index in [1.807, 2.05) is 0 Å². The fourth-order valence-electron chi connectivity index (χ4n) is 2.56. The maximum absolute atomic E-state index is 12.8. The molecular weight excluding hydrogens is 396 g/mol. The highest BCUT2D eigenvalue weighted by Gasteiger charge is 2.29. The van der Waals surface area contributed by atoms with Crippen molar-refractivity contribution in [1.82, 2.24) is 10.2 Å². The minimum Gasteiger partial charge on any atom is -0.504 e. The van der Waals surface area contributed by atoms with Gasteiger partial charge in [-0.15, -0.1) is 0 Å². The Morgan fingerprint density at radius 1 is 1.00 bits per heavy atom. The smallest absolute Gasteiger partial charge is 0.330 e. The molecule has 5 N–H and O–H groups in total. The van der Waals surface area contributed by atoms with Gasteiger partial charge in [0.25, 0.3) is 5.91 Å². The van der Waals surface area contributed by atoms with Crippen LogP contribution < -0.4 is 5.32 Å². The molecule has 2 aromatic carbocycles. The van der Waals surface area contributed by atoms with E-state index in [1.165, 1.54) is 18.2 Å². The summed E-state index contributed by atoms with van der Waals surface area (Å²) in [6, 6.07) is 8.85. The summed E-state index contributed by atoms with van der Waals surface area (Å²) >= 11 is 0. The molecule has 10 nitrogen and oxygen atoms in total. The van der Waals surface area contributed by atoms with Crippen molar-refractivity contribution in [3.8, 4) is 11.5 Å². The van der Waals surface area contributed by atoms with Crippen molar-refractivity contribution in [3.05, 3.63) is 59.7 Å². The lowest BCUT2D eigenvalue weighted by atomic mass is 10.1. The Hall–Kier alpha value is -3.63. The molecule has 2 aromatic rings. The Labute approximate surface area is 171 Å². The number of imide groups is 1. The first-order valence-corrected chi connectivity index (χ1v) is 8.95. The fourth-order valence-corrected chi connectivity index (χ4v) is 2.56. The maximum atomic E-state index is 12.8. The van der Waals surface area contributed by atoms with Gasteiger partial charge in [-0.05, 0) is 23.8 Å². The minimum atomic E-state index is -1.40. The number of aliphatic hydroxyl groups is 1. The topological polar surface area (TPSA) is 157 Å². The summed E-state index contributed by atoms with van der Waals surface area (Å²) in [5.41, 5.74) is 0.207. The van der Waals surface area contributed by atoms with E-state index < -0.39 is 35.4 Å². The van der Waals surface area contributed by atoms with Gasteiger partial charge < -0.3 is 30.5 Å². The van der Waals surface area contributed by atoms with Crippen LogP contribution in [0.2, 0.25) is 0 Å². The average molecular weight is 418 g/mol. The summed E-state index contributed by atoms with van der Waals surface area (Å²) in [4.78, 5) is 38.0. The number of urea groups is 1. The molecule has 0 aliphatic heterocycles. The number of aliphatic carboxylic acids is 1. The largest absolute Gasteiger partial charge is 0.504 e. The first-order valence-electron chi connectivity index (χ1n) is 8.95. The number of amides is 3. The molecule has 0 radical (unpaired) electrons. The predicted octanol–water partition coefficient (Wildman–Crippen LogP) is 1.08. The van der Waals surface area contributed by atoms with Crippen molar-refractivity contribution in [2.45, 2.75) is 6.04 Å². The molecule has 3 amide bonds. The van der Waals surface area contributed by atoms with Gasteiger partial charge in [-0.2, -0.15) is 0 Å². The molecule has 0 aliphatic carbocycles. The van der Waals surface area contributed by atoms with E-state index in [9.17, 15) is 29.7 Å². The van der Waals surface area contributed by atoms with Crippen molar-refractivity contribution in [1.29, 1.82) is 0 Å². The Morgan fingerprint density at radius 3 is 2.30 bits per heavy atom. The standard InChI is InChI=1S/C20H22N2O8/c23-9-11-30-10-8-22(18(26)14-6-7-15(24)16(25)12-14)20(29)21-17(19(27)28)13-4-2-1-3-5-13/h1-7,12,17,23-25H,8-11H2,(H,21,29)(H,27,28). The highest BCUT2D eigenvalue weighted by molar-refractivity contribution is 6.05. The van der Waals surface area contributed by atoms with Crippen LogP contribution in [0.1, 0.15) is 22.0 Å². The van der Waals surface area contributed by atoms with E-state index in [4.69, 9.17) is 9.84 Å². The van der Waals surface area contributed by atoms with Crippen molar-refractivity contribution in [2.24, 2.45) is 0 Å². The first-order chi connectivity index (χ1) is 14.3. The van der Waals surface area contributed by atoms with Gasteiger partial charge in [0.1, 0.15) is 0 Å². The fraction of sp³-hybridized carbons (Fsp3) is 0.250. The highest BCUT2D eigenvalue weighted by Crippen LogP contribution is 2.25. The van der Waals surface area contributed by atoms with Crippen LogP contribution in [0.25, 0.3) is 0 Å². The third-order valence-corrected chi connectivity index (χ3v) is 4.06. The normalized spacial score (nSPS) is 11.5. The molecule has 1 atom stereocenters. The number of carbonyl (C=O) groups excluding carboxylic acids is 2. The lowest BCUT2D eigenvalue weighted by Gasteiger charge is -2.24. The van der Waals surface area contributed by atoms with Crippen LogP contribution in [0.5, 0.6) is 11.5 Å². The van der Waals surface area contributed by atoms with Crippen LogP contribution in [-0.4, -0.2) is 69.6 Å². The number of ether oxygens (including phenoxy) is 1. The number of carboxylic acids is 1. The van der Waals surface area contributed by atoms with Gasteiger partial charge in [0, 0.05) is 5.56 Å². The molecule has 0 bridgehead atoms. The van der Waals surface area contributed by atoms with Gasteiger partial charge in [-0.3, -0.25) is 9.69 Å². The molecule has 0 saturated carbocycles. The van der Waals surface area contributed by atoms with Gasteiger partial charge in [0.15, 0.2) is 17.5 Å². The van der Waals surface area contributed by atoms with Gasteiger partial charge in [-0.1, -0.05) is 30.3 Å². The number of hydrogen-bond donors (Lipinski definition) is 5. The SMILES string of the molecule is O=C(O)C(NC(=O)N(CCOCCO)C(=O)c1ccc(O)c(O)c1)c1ccccc1. The number of benzene rings is 2. The predicted molar refractivity (Wildman–Crippen MR) is 104 cm³/mol. The van der Waals surface area contributed by atoms with Gasteiger partial charge in [0.05, 0.1) is 26.4 Å². The van der Waals surface area contributed by atoms with Gasteiger partial charge in [0.2, 0.25) is 0 Å². The number of aromatic hydroxyl groups is 2. The Bertz CT molecular complexity index is 888. The van der Waals surface area contributed by atoms with Crippen LogP contribution in [-0.2, 0) is 9.53 Å². The number of aliphatic hydroxyl groups excluding tert-OH is 1. The molecular formula is C20H22N2O8. The molecule has 10 heteroatoms. The zero-order chi connectivity index (χ0) is 22.1. The molecule has 1 unspecified atom stereocenters. The van der Waals surface area contributed by atoms with Gasteiger partial charge in [-0.25, -0.2) is 9.59 Å². The average Bonchev–Trinajstić information content (AvgIpc) is 2.73. The highest BCUT2D eigenvalue weighted by atomic mass is 16.5. The molecule has 2 rings (SSSR count). The third kappa shape index (κ3) is 5.93. The molecule has 0 aliphatic rings. The summed E-state index contributed by atoms with van der Waals surface area (Å²) in [5.74, 6) is -3.15. The van der Waals surface area contributed by atoms with Crippen molar-refractivity contribution in [2.75, 3.05) is 26.4 Å². The number of rotatable bonds is 9. The Balaban J connectivity index is 2.25. The Morgan fingerprint density at radius 2 is 1.70 bits per heavy atom. The molecule has 0 fully saturated rings. The zero-order valence-electron chi connectivity index (χ0n) is 15.9. The van der Waals surface area contributed by atoms with Crippen molar-refractivity contribution < 1.29 is 39.5 Å². The maximum Gasteiger partial charge on any atom is 0.330 e. The van der Waals surface area contributed by atoms with E-state index in [-0.39, 0.29) is 31.9 Å². The minimum absolute atomic E-state index is 0.00852. The number of carbonyl (C=O) groups is 3. The van der Waals surface area contributed by atoms with Crippen LogP contribution in [0.4, 0.5) is 4.79 Å². The zero-order valence-corrected chi connectivity index (χ0v) is 15.9. The second kappa shape index (κ2) is 10.8. The molecule has 0 spiro atoms. The van der Waals surface area contributed by atoms with Crippen LogP contribution in [0.15, 0.2) is 48.5 Å². The van der Waals surface area contributed by atoms with Crippen LogP contribution >= 0.6 is 0 Å².